The second kappa shape index (κ2) is 7.50. The lowest BCUT2D eigenvalue weighted by Gasteiger charge is -2.35. The lowest BCUT2D eigenvalue weighted by molar-refractivity contribution is -0.0404. The Balaban J connectivity index is 1.56. The Kier molecular flexibility index (Phi) is 5.20. The van der Waals surface area contributed by atoms with Crippen molar-refractivity contribution in [3.8, 4) is 0 Å². The Morgan fingerprint density at radius 1 is 1.18 bits per heavy atom. The maximum atomic E-state index is 13.0. The average Bonchev–Trinajstić information content (AvgIpc) is 3.01. The van der Waals surface area contributed by atoms with E-state index in [-0.39, 0.29) is 11.5 Å². The van der Waals surface area contributed by atoms with Gasteiger partial charge in [-0.2, -0.15) is 5.10 Å². The van der Waals surface area contributed by atoms with Crippen LogP contribution < -0.4 is 5.32 Å². The van der Waals surface area contributed by atoms with Crippen LogP contribution in [-0.2, 0) is 14.6 Å². The minimum Gasteiger partial charge on any atom is -0.357 e. The van der Waals surface area contributed by atoms with Crippen LogP contribution in [0.4, 0.5) is 11.5 Å². The van der Waals surface area contributed by atoms with Crippen molar-refractivity contribution >= 4 is 21.3 Å². The van der Waals surface area contributed by atoms with Gasteiger partial charge in [-0.25, -0.2) is 13.1 Å². The standard InChI is InChI=1S/C20H28N4O3S/c1-14-7-8-16(11-18(14)28(25,26)17-12-23(3)13-17)21-19-10-15(2)24(22-19)20-6-4-5-9-27-20/h7-8,10-11,17,20H,4-6,9,12-13H2,1-3H3,(H,21,22). The number of aryl methyl sites for hydroxylation is 2. The molecule has 2 aliphatic rings. The summed E-state index contributed by atoms with van der Waals surface area (Å²) >= 11 is 0. The number of nitrogens with zero attached hydrogens (tertiary/aromatic N) is 3. The summed E-state index contributed by atoms with van der Waals surface area (Å²) in [4.78, 5) is 2.42. The van der Waals surface area contributed by atoms with Crippen molar-refractivity contribution in [2.45, 2.75) is 49.5 Å². The van der Waals surface area contributed by atoms with Gasteiger partial charge in [-0.05, 0) is 57.9 Å². The third-order valence-corrected chi connectivity index (χ3v) is 7.82. The van der Waals surface area contributed by atoms with Gasteiger partial charge in [-0.1, -0.05) is 6.07 Å². The molecule has 2 aromatic rings. The molecule has 2 aliphatic heterocycles. The number of hydrogen-bond acceptors (Lipinski definition) is 6. The van der Waals surface area contributed by atoms with Crippen molar-refractivity contribution < 1.29 is 13.2 Å². The van der Waals surface area contributed by atoms with Crippen molar-refractivity contribution in [2.75, 3.05) is 32.1 Å². The van der Waals surface area contributed by atoms with Gasteiger partial charge in [0.1, 0.15) is 0 Å². The molecule has 1 aromatic carbocycles. The molecule has 152 valence electrons. The first kappa shape index (κ1) is 19.4. The van der Waals surface area contributed by atoms with Crippen LogP contribution in [0.15, 0.2) is 29.2 Å². The second-order valence-corrected chi connectivity index (χ2v) is 10.1. The highest BCUT2D eigenvalue weighted by atomic mass is 32.2. The zero-order valence-corrected chi connectivity index (χ0v) is 17.5. The number of sulfone groups is 1. The number of nitrogens with one attached hydrogen (secondary N) is 1. The van der Waals surface area contributed by atoms with Gasteiger partial charge in [-0.3, -0.25) is 0 Å². The van der Waals surface area contributed by atoms with E-state index in [0.29, 0.717) is 23.8 Å². The molecule has 0 saturated carbocycles. The van der Waals surface area contributed by atoms with Gasteiger partial charge in [0.15, 0.2) is 21.9 Å². The lowest BCUT2D eigenvalue weighted by atomic mass is 10.2. The number of rotatable bonds is 5. The highest BCUT2D eigenvalue weighted by molar-refractivity contribution is 7.92. The van der Waals surface area contributed by atoms with E-state index in [2.05, 4.69) is 10.4 Å². The smallest absolute Gasteiger partial charge is 0.184 e. The highest BCUT2D eigenvalue weighted by Crippen LogP contribution is 2.30. The van der Waals surface area contributed by atoms with Gasteiger partial charge in [0.05, 0.1) is 10.1 Å². The molecule has 1 unspecified atom stereocenters. The van der Waals surface area contributed by atoms with E-state index in [4.69, 9.17) is 4.74 Å². The minimum absolute atomic E-state index is 0.0196. The third kappa shape index (κ3) is 3.68. The molecule has 3 heterocycles. The molecule has 0 amide bonds. The maximum absolute atomic E-state index is 13.0. The van der Waals surface area contributed by atoms with Gasteiger partial charge < -0.3 is 15.0 Å². The summed E-state index contributed by atoms with van der Waals surface area (Å²) in [6.45, 7) is 5.80. The zero-order chi connectivity index (χ0) is 19.9. The number of likely N-dealkylation sites (tertiary alicyclic amines) is 1. The molecule has 1 atom stereocenters. The largest absolute Gasteiger partial charge is 0.357 e. The summed E-state index contributed by atoms with van der Waals surface area (Å²) in [5.74, 6) is 0.697. The molecule has 4 rings (SSSR count). The lowest BCUT2D eigenvalue weighted by Crippen LogP contribution is -2.52. The van der Waals surface area contributed by atoms with Gasteiger partial charge in [0.2, 0.25) is 0 Å². The van der Waals surface area contributed by atoms with Gasteiger partial charge in [0.25, 0.3) is 0 Å². The topological polar surface area (TPSA) is 76.5 Å². The molecule has 2 saturated heterocycles. The number of ether oxygens (including phenoxy) is 1. The summed E-state index contributed by atoms with van der Waals surface area (Å²) in [6, 6.07) is 7.44. The SMILES string of the molecule is Cc1ccc(Nc2cc(C)n(C3CCCCO3)n2)cc1S(=O)(=O)C1CN(C)C1. The number of aromatic nitrogens is 2. The van der Waals surface area contributed by atoms with E-state index >= 15 is 0 Å². The quantitative estimate of drug-likeness (QED) is 0.826. The summed E-state index contributed by atoms with van der Waals surface area (Å²) in [5.41, 5.74) is 2.52. The molecular formula is C20H28N4O3S. The Morgan fingerprint density at radius 3 is 2.64 bits per heavy atom. The van der Waals surface area contributed by atoms with Crippen LogP contribution in [0, 0.1) is 13.8 Å². The fraction of sp³-hybridized carbons (Fsp3) is 0.550. The zero-order valence-electron chi connectivity index (χ0n) is 16.7. The molecule has 0 radical (unpaired) electrons. The van der Waals surface area contributed by atoms with Crippen molar-refractivity contribution in [3.63, 3.8) is 0 Å². The predicted octanol–water partition coefficient (Wildman–Crippen LogP) is 3.03. The van der Waals surface area contributed by atoms with E-state index < -0.39 is 9.84 Å². The number of hydrogen-bond donors (Lipinski definition) is 1. The molecule has 8 heteroatoms. The van der Waals surface area contributed by atoms with Crippen LogP contribution in [0.2, 0.25) is 0 Å². The minimum atomic E-state index is -3.33. The predicted molar refractivity (Wildman–Crippen MR) is 109 cm³/mol. The summed E-state index contributed by atoms with van der Waals surface area (Å²) in [6.07, 6.45) is 3.18. The third-order valence-electron chi connectivity index (χ3n) is 5.59. The first-order valence-corrected chi connectivity index (χ1v) is 11.4. The molecule has 1 aromatic heterocycles. The van der Waals surface area contributed by atoms with E-state index in [1.54, 1.807) is 6.07 Å². The van der Waals surface area contributed by atoms with E-state index in [1.165, 1.54) is 0 Å². The Hall–Kier alpha value is -1.90. The van der Waals surface area contributed by atoms with Crippen LogP contribution in [-0.4, -0.2) is 55.1 Å². The first-order valence-electron chi connectivity index (χ1n) is 9.82. The Bertz CT molecular complexity index is 958. The van der Waals surface area contributed by atoms with Gasteiger partial charge in [-0.15, -0.1) is 0 Å². The van der Waals surface area contributed by atoms with Crippen molar-refractivity contribution in [1.82, 2.24) is 14.7 Å². The highest BCUT2D eigenvalue weighted by Gasteiger charge is 2.37. The van der Waals surface area contributed by atoms with Crippen LogP contribution in [0.1, 0.15) is 36.7 Å². The van der Waals surface area contributed by atoms with Crippen LogP contribution >= 0.6 is 0 Å². The van der Waals surface area contributed by atoms with Crippen LogP contribution in [0.3, 0.4) is 0 Å². The van der Waals surface area contributed by atoms with E-state index in [9.17, 15) is 8.42 Å². The van der Waals surface area contributed by atoms with Gasteiger partial charge >= 0.3 is 0 Å². The summed E-state index contributed by atoms with van der Waals surface area (Å²) < 4.78 is 33.7. The Labute approximate surface area is 166 Å². The van der Waals surface area contributed by atoms with E-state index in [1.807, 2.05) is 48.7 Å². The van der Waals surface area contributed by atoms with Crippen molar-refractivity contribution in [2.24, 2.45) is 0 Å². The average molecular weight is 405 g/mol. The normalized spacial score (nSPS) is 21.5. The summed E-state index contributed by atoms with van der Waals surface area (Å²) in [7, 11) is -1.39. The molecule has 0 spiro atoms. The molecule has 7 nitrogen and oxygen atoms in total. The molecule has 0 bridgehead atoms. The second-order valence-electron chi connectivity index (χ2n) is 7.93. The van der Waals surface area contributed by atoms with Crippen molar-refractivity contribution in [3.05, 3.63) is 35.5 Å². The summed E-state index contributed by atoms with van der Waals surface area (Å²) in [5, 5.41) is 7.58. The first-order chi connectivity index (χ1) is 13.3. The molecule has 1 N–H and O–H groups in total. The molecular weight excluding hydrogens is 376 g/mol. The maximum Gasteiger partial charge on any atom is 0.184 e. The number of anilines is 2. The molecule has 2 fully saturated rings. The molecule has 28 heavy (non-hydrogen) atoms. The molecule has 0 aliphatic carbocycles. The fourth-order valence-electron chi connectivity index (χ4n) is 3.91. The number of benzene rings is 1. The monoisotopic (exact) mass is 404 g/mol. The van der Waals surface area contributed by atoms with Gasteiger partial charge in [0, 0.05) is 37.1 Å². The van der Waals surface area contributed by atoms with Crippen LogP contribution in [0.25, 0.3) is 0 Å². The van der Waals surface area contributed by atoms with Crippen molar-refractivity contribution in [1.29, 1.82) is 0 Å². The van der Waals surface area contributed by atoms with Crippen LogP contribution in [0.5, 0.6) is 0 Å². The Morgan fingerprint density at radius 2 is 1.96 bits per heavy atom. The fourth-order valence-corrected chi connectivity index (χ4v) is 5.98. The van der Waals surface area contributed by atoms with E-state index in [0.717, 1.165) is 42.8 Å².